The summed E-state index contributed by atoms with van der Waals surface area (Å²) in [7, 11) is 1.90. The highest BCUT2D eigenvalue weighted by molar-refractivity contribution is 6.30. The van der Waals surface area contributed by atoms with Crippen LogP contribution < -0.4 is 10.2 Å². The number of nitrogens with zero attached hydrogens (tertiary/aromatic N) is 2. The van der Waals surface area contributed by atoms with Crippen LogP contribution in [0.4, 0.5) is 5.69 Å². The van der Waals surface area contributed by atoms with E-state index in [9.17, 15) is 4.79 Å². The lowest BCUT2D eigenvalue weighted by Gasteiger charge is -2.11. The minimum Gasteiger partial charge on any atom is -0.333 e. The van der Waals surface area contributed by atoms with E-state index >= 15 is 0 Å². The SMILES string of the molecule is CCc1ccc(-c2noc(C[NH+](C)CC(=O)Nc3ccc(Cl)cc3)n2)cc1. The number of benzene rings is 2. The third kappa shape index (κ3) is 5.39. The molecular formula is C20H22ClN4O2+. The second-order valence-corrected chi connectivity index (χ2v) is 6.86. The summed E-state index contributed by atoms with van der Waals surface area (Å²) in [5.74, 6) is 0.970. The van der Waals surface area contributed by atoms with Crippen LogP contribution in [0, 0.1) is 0 Å². The molecule has 0 radical (unpaired) electrons. The number of hydrogen-bond acceptors (Lipinski definition) is 4. The van der Waals surface area contributed by atoms with Gasteiger partial charge in [0.25, 0.3) is 11.8 Å². The molecule has 0 bridgehead atoms. The molecule has 1 amide bonds. The molecule has 2 aromatic carbocycles. The van der Waals surface area contributed by atoms with Gasteiger partial charge < -0.3 is 14.7 Å². The van der Waals surface area contributed by atoms with Gasteiger partial charge >= 0.3 is 0 Å². The Kier molecular flexibility index (Phi) is 6.21. The molecule has 27 heavy (non-hydrogen) atoms. The molecule has 0 spiro atoms. The van der Waals surface area contributed by atoms with Gasteiger partial charge in [0.1, 0.15) is 0 Å². The van der Waals surface area contributed by atoms with E-state index in [1.165, 1.54) is 5.56 Å². The zero-order valence-electron chi connectivity index (χ0n) is 15.3. The van der Waals surface area contributed by atoms with Crippen molar-refractivity contribution in [1.82, 2.24) is 10.1 Å². The van der Waals surface area contributed by atoms with Gasteiger partial charge in [-0.05, 0) is 36.2 Å². The van der Waals surface area contributed by atoms with Crippen molar-refractivity contribution in [1.29, 1.82) is 0 Å². The Morgan fingerprint density at radius 3 is 2.52 bits per heavy atom. The summed E-state index contributed by atoms with van der Waals surface area (Å²) < 4.78 is 5.33. The summed E-state index contributed by atoms with van der Waals surface area (Å²) in [5, 5.41) is 7.51. The molecule has 1 unspecified atom stereocenters. The molecule has 1 heterocycles. The maximum Gasteiger partial charge on any atom is 0.282 e. The van der Waals surface area contributed by atoms with Gasteiger partial charge in [-0.15, -0.1) is 0 Å². The first kappa shape index (κ1) is 19.1. The van der Waals surface area contributed by atoms with Gasteiger partial charge in [-0.2, -0.15) is 4.98 Å². The Labute approximate surface area is 163 Å². The van der Waals surface area contributed by atoms with Crippen molar-refractivity contribution in [3.05, 3.63) is 65.0 Å². The third-order valence-corrected chi connectivity index (χ3v) is 4.38. The van der Waals surface area contributed by atoms with Crippen molar-refractivity contribution in [3.8, 4) is 11.4 Å². The van der Waals surface area contributed by atoms with E-state index in [1.807, 2.05) is 19.2 Å². The normalized spacial score (nSPS) is 12.0. The highest BCUT2D eigenvalue weighted by Gasteiger charge is 2.16. The predicted molar refractivity (Wildman–Crippen MR) is 105 cm³/mol. The van der Waals surface area contributed by atoms with Crippen molar-refractivity contribution >= 4 is 23.2 Å². The predicted octanol–water partition coefficient (Wildman–Crippen LogP) is 2.61. The van der Waals surface area contributed by atoms with Crippen LogP contribution in [0.15, 0.2) is 53.1 Å². The van der Waals surface area contributed by atoms with Crippen molar-refractivity contribution in [3.63, 3.8) is 0 Å². The van der Waals surface area contributed by atoms with Crippen LogP contribution in [0.25, 0.3) is 11.4 Å². The Morgan fingerprint density at radius 1 is 1.15 bits per heavy atom. The molecule has 2 N–H and O–H groups in total. The fourth-order valence-corrected chi connectivity index (χ4v) is 2.79. The Morgan fingerprint density at radius 2 is 1.85 bits per heavy atom. The number of aromatic nitrogens is 2. The highest BCUT2D eigenvalue weighted by Crippen LogP contribution is 2.16. The second-order valence-electron chi connectivity index (χ2n) is 6.43. The molecule has 3 rings (SSSR count). The lowest BCUT2D eigenvalue weighted by Crippen LogP contribution is -3.08. The topological polar surface area (TPSA) is 72.5 Å². The molecule has 1 aromatic heterocycles. The molecule has 3 aromatic rings. The van der Waals surface area contributed by atoms with Gasteiger partial charge in [-0.1, -0.05) is 47.9 Å². The van der Waals surface area contributed by atoms with Crippen molar-refractivity contribution < 1.29 is 14.2 Å². The molecule has 7 heteroatoms. The van der Waals surface area contributed by atoms with Gasteiger partial charge in [0.15, 0.2) is 13.1 Å². The molecule has 0 aliphatic heterocycles. The number of quaternary nitrogens is 1. The molecule has 140 valence electrons. The number of anilines is 1. The number of halogens is 1. The van der Waals surface area contributed by atoms with Crippen molar-refractivity contribution in [2.75, 3.05) is 18.9 Å². The zero-order chi connectivity index (χ0) is 19.2. The van der Waals surface area contributed by atoms with Crippen molar-refractivity contribution in [2.24, 2.45) is 0 Å². The molecule has 6 nitrogen and oxygen atoms in total. The van der Waals surface area contributed by atoms with Crippen LogP contribution in [-0.2, 0) is 17.8 Å². The number of carbonyl (C=O) groups excluding carboxylic acids is 1. The summed E-state index contributed by atoms with van der Waals surface area (Å²) >= 11 is 5.84. The van der Waals surface area contributed by atoms with Crippen molar-refractivity contribution in [2.45, 2.75) is 19.9 Å². The monoisotopic (exact) mass is 385 g/mol. The van der Waals surface area contributed by atoms with Crippen LogP contribution in [0.5, 0.6) is 0 Å². The average molecular weight is 386 g/mol. The molecule has 0 saturated carbocycles. The number of amides is 1. The van der Waals surface area contributed by atoms with Gasteiger partial charge in [0.05, 0.1) is 7.05 Å². The first-order chi connectivity index (χ1) is 13.0. The van der Waals surface area contributed by atoms with E-state index in [-0.39, 0.29) is 12.5 Å². The van der Waals surface area contributed by atoms with Gasteiger partial charge in [-0.3, -0.25) is 4.79 Å². The lowest BCUT2D eigenvalue weighted by molar-refractivity contribution is -0.886. The molecular weight excluding hydrogens is 364 g/mol. The van der Waals surface area contributed by atoms with E-state index in [4.69, 9.17) is 16.1 Å². The average Bonchev–Trinajstić information content (AvgIpc) is 3.12. The second kappa shape index (κ2) is 8.79. The number of carbonyl (C=O) groups is 1. The van der Waals surface area contributed by atoms with Gasteiger partial charge in [-0.25, -0.2) is 0 Å². The minimum atomic E-state index is -0.0929. The number of aryl methyl sites for hydroxylation is 1. The van der Waals surface area contributed by atoms with Crippen LogP contribution >= 0.6 is 11.6 Å². The first-order valence-electron chi connectivity index (χ1n) is 8.82. The van der Waals surface area contributed by atoms with E-state index in [2.05, 4.69) is 34.5 Å². The highest BCUT2D eigenvalue weighted by atomic mass is 35.5. The Hall–Kier alpha value is -2.70. The largest absolute Gasteiger partial charge is 0.333 e. The number of nitrogens with one attached hydrogen (secondary N) is 2. The smallest absolute Gasteiger partial charge is 0.282 e. The summed E-state index contributed by atoms with van der Waals surface area (Å²) in [4.78, 5) is 17.5. The fraction of sp³-hybridized carbons (Fsp3) is 0.250. The minimum absolute atomic E-state index is 0.0929. The van der Waals surface area contributed by atoms with E-state index in [0.29, 0.717) is 29.0 Å². The fourth-order valence-electron chi connectivity index (χ4n) is 2.67. The standard InChI is InChI=1S/C20H21ClN4O2/c1-3-14-4-6-15(7-5-14)20-23-19(27-24-20)13-25(2)12-18(26)22-17-10-8-16(21)9-11-17/h4-11H,3,12-13H2,1-2H3,(H,22,26)/p+1. The van der Waals surface area contributed by atoms with Gasteiger partial charge in [0, 0.05) is 16.3 Å². The summed E-state index contributed by atoms with van der Waals surface area (Å²) in [6, 6.07) is 15.1. The molecule has 0 saturated heterocycles. The van der Waals surface area contributed by atoms with Crippen LogP contribution in [-0.4, -0.2) is 29.6 Å². The quantitative estimate of drug-likeness (QED) is 0.655. The number of rotatable bonds is 7. The maximum absolute atomic E-state index is 12.2. The number of likely N-dealkylation sites (N-methyl/N-ethyl adjacent to an activating group) is 1. The van der Waals surface area contributed by atoms with E-state index in [1.54, 1.807) is 24.3 Å². The summed E-state index contributed by atoms with van der Waals surface area (Å²) in [6.45, 7) is 2.86. The zero-order valence-corrected chi connectivity index (χ0v) is 16.1. The van der Waals surface area contributed by atoms with Crippen LogP contribution in [0.1, 0.15) is 18.4 Å². The summed E-state index contributed by atoms with van der Waals surface area (Å²) in [6.07, 6.45) is 0.990. The molecule has 1 atom stereocenters. The molecule has 0 aliphatic rings. The lowest BCUT2D eigenvalue weighted by atomic mass is 10.1. The first-order valence-corrected chi connectivity index (χ1v) is 9.20. The van der Waals surface area contributed by atoms with Crippen LogP contribution in [0.3, 0.4) is 0 Å². The Balaban J connectivity index is 1.54. The number of hydrogen-bond donors (Lipinski definition) is 2. The van der Waals surface area contributed by atoms with Crippen LogP contribution in [0.2, 0.25) is 5.02 Å². The molecule has 0 aliphatic carbocycles. The Bertz CT molecular complexity index is 891. The molecule has 0 fully saturated rings. The van der Waals surface area contributed by atoms with E-state index < -0.39 is 0 Å². The summed E-state index contributed by atoms with van der Waals surface area (Å²) in [5.41, 5.74) is 2.89. The van der Waals surface area contributed by atoms with E-state index in [0.717, 1.165) is 16.9 Å². The maximum atomic E-state index is 12.2. The third-order valence-electron chi connectivity index (χ3n) is 4.13. The van der Waals surface area contributed by atoms with Gasteiger partial charge in [0.2, 0.25) is 5.82 Å².